The minimum atomic E-state index is -4.46. The summed E-state index contributed by atoms with van der Waals surface area (Å²) in [5.41, 5.74) is -1.12. The number of nitrogens with zero attached hydrogens (tertiary/aromatic N) is 1. The van der Waals surface area contributed by atoms with E-state index in [9.17, 15) is 28.1 Å². The molecule has 0 fully saturated rings. The Bertz CT molecular complexity index is 776. The Hall–Kier alpha value is -3.10. The third-order valence-corrected chi connectivity index (χ3v) is 3.22. The van der Waals surface area contributed by atoms with E-state index in [0.717, 1.165) is 24.3 Å². The highest BCUT2D eigenvalue weighted by Gasteiger charge is 2.30. The van der Waals surface area contributed by atoms with Gasteiger partial charge < -0.3 is 10.1 Å². The van der Waals surface area contributed by atoms with Crippen molar-refractivity contribution >= 4 is 17.3 Å². The van der Waals surface area contributed by atoms with Crippen LogP contribution in [0.2, 0.25) is 0 Å². The van der Waals surface area contributed by atoms with Crippen LogP contribution in [-0.4, -0.2) is 16.9 Å². The van der Waals surface area contributed by atoms with E-state index < -0.39 is 28.7 Å². The van der Waals surface area contributed by atoms with Gasteiger partial charge in [0, 0.05) is 6.07 Å². The van der Waals surface area contributed by atoms with Crippen molar-refractivity contribution in [2.45, 2.75) is 19.2 Å². The minimum Gasteiger partial charge on any atom is -0.481 e. The molecule has 0 aliphatic heterocycles. The third-order valence-electron chi connectivity index (χ3n) is 3.22. The second-order valence-corrected chi connectivity index (χ2v) is 5.05. The molecule has 0 saturated heterocycles. The number of carbonyl (C=O) groups excluding carboxylic acids is 1. The first-order valence-electron chi connectivity index (χ1n) is 7.06. The van der Waals surface area contributed by atoms with Crippen molar-refractivity contribution in [1.82, 2.24) is 0 Å². The number of nitro groups is 1. The molecule has 0 radical (unpaired) electrons. The molecule has 9 heteroatoms. The van der Waals surface area contributed by atoms with E-state index in [1.165, 1.54) is 31.2 Å². The lowest BCUT2D eigenvalue weighted by molar-refractivity contribution is -0.383. The summed E-state index contributed by atoms with van der Waals surface area (Å²) in [6.07, 6.45) is -5.54. The van der Waals surface area contributed by atoms with Gasteiger partial charge >= 0.3 is 6.18 Å². The van der Waals surface area contributed by atoms with Gasteiger partial charge in [0.05, 0.1) is 10.5 Å². The number of benzene rings is 2. The molecule has 0 heterocycles. The predicted molar refractivity (Wildman–Crippen MR) is 83.3 cm³/mol. The average molecular weight is 354 g/mol. The standard InChI is InChI=1S/C16H13F3N2O4/c1-10(25-12-8-6-11(7-9-12)16(17,18)19)15(22)20-13-4-2-3-5-14(13)21(23)24/h2-10H,1H3,(H,20,22)/t10-/m0/s1. The molecule has 6 nitrogen and oxygen atoms in total. The zero-order valence-corrected chi connectivity index (χ0v) is 12.9. The van der Waals surface area contributed by atoms with Gasteiger partial charge in [0.2, 0.25) is 0 Å². The number of nitrogens with one attached hydrogen (secondary N) is 1. The number of anilines is 1. The van der Waals surface area contributed by atoms with Crippen LogP contribution in [-0.2, 0) is 11.0 Å². The molecule has 0 bridgehead atoms. The quantitative estimate of drug-likeness (QED) is 0.649. The highest BCUT2D eigenvalue weighted by molar-refractivity contribution is 5.96. The highest BCUT2D eigenvalue weighted by atomic mass is 19.4. The van der Waals surface area contributed by atoms with Crippen LogP contribution in [0.25, 0.3) is 0 Å². The number of para-hydroxylation sites is 2. The lowest BCUT2D eigenvalue weighted by Crippen LogP contribution is -2.30. The van der Waals surface area contributed by atoms with Crippen molar-refractivity contribution in [2.24, 2.45) is 0 Å². The van der Waals surface area contributed by atoms with Gasteiger partial charge in [-0.1, -0.05) is 12.1 Å². The number of hydrogen-bond acceptors (Lipinski definition) is 4. The summed E-state index contributed by atoms with van der Waals surface area (Å²) in [6, 6.07) is 9.43. The van der Waals surface area contributed by atoms with Crippen molar-refractivity contribution in [3.8, 4) is 5.75 Å². The molecule has 0 aromatic heterocycles. The SMILES string of the molecule is C[C@H](Oc1ccc(C(F)(F)F)cc1)C(=O)Nc1ccccc1[N+](=O)[O-]. The fraction of sp³-hybridized carbons (Fsp3) is 0.188. The molecule has 1 atom stereocenters. The van der Waals surface area contributed by atoms with Gasteiger partial charge in [-0.05, 0) is 37.3 Å². The van der Waals surface area contributed by atoms with Gasteiger partial charge in [-0.2, -0.15) is 13.2 Å². The maximum Gasteiger partial charge on any atom is 0.416 e. The summed E-state index contributed by atoms with van der Waals surface area (Å²) in [4.78, 5) is 22.3. The van der Waals surface area contributed by atoms with E-state index in [1.807, 2.05) is 0 Å². The molecule has 2 aromatic carbocycles. The number of hydrogen-bond donors (Lipinski definition) is 1. The van der Waals surface area contributed by atoms with Crippen LogP contribution in [0.4, 0.5) is 24.5 Å². The Kier molecular flexibility index (Phi) is 5.26. The molecule has 25 heavy (non-hydrogen) atoms. The molecule has 2 rings (SSSR count). The lowest BCUT2D eigenvalue weighted by Gasteiger charge is -2.15. The van der Waals surface area contributed by atoms with Gasteiger partial charge in [-0.3, -0.25) is 14.9 Å². The number of ether oxygens (including phenoxy) is 1. The second kappa shape index (κ2) is 7.20. The van der Waals surface area contributed by atoms with Crippen LogP contribution >= 0.6 is 0 Å². The number of halogens is 3. The number of amides is 1. The molecule has 0 unspecified atom stereocenters. The Labute approximate surface area is 140 Å². The normalized spacial score (nSPS) is 12.3. The van der Waals surface area contributed by atoms with E-state index in [0.29, 0.717) is 0 Å². The molecule has 1 N–H and O–H groups in total. The zero-order chi connectivity index (χ0) is 18.6. The van der Waals surface area contributed by atoms with Crippen LogP contribution in [0.1, 0.15) is 12.5 Å². The molecule has 2 aromatic rings. The van der Waals surface area contributed by atoms with E-state index in [1.54, 1.807) is 0 Å². The number of rotatable bonds is 5. The van der Waals surface area contributed by atoms with Gasteiger partial charge in [0.1, 0.15) is 11.4 Å². The summed E-state index contributed by atoms with van der Waals surface area (Å²) in [7, 11) is 0. The largest absolute Gasteiger partial charge is 0.481 e. The topological polar surface area (TPSA) is 81.5 Å². The summed E-state index contributed by atoms with van der Waals surface area (Å²) >= 11 is 0. The van der Waals surface area contributed by atoms with Crippen LogP contribution in [0.5, 0.6) is 5.75 Å². The van der Waals surface area contributed by atoms with Crippen molar-refractivity contribution < 1.29 is 27.6 Å². The summed E-state index contributed by atoms with van der Waals surface area (Å²) in [5.74, 6) is -0.604. The van der Waals surface area contributed by atoms with E-state index in [4.69, 9.17) is 4.74 Å². The van der Waals surface area contributed by atoms with Gasteiger partial charge in [0.25, 0.3) is 11.6 Å². The Morgan fingerprint density at radius 1 is 1.16 bits per heavy atom. The second-order valence-electron chi connectivity index (χ2n) is 5.05. The van der Waals surface area contributed by atoms with Gasteiger partial charge in [-0.15, -0.1) is 0 Å². The van der Waals surface area contributed by atoms with Crippen molar-refractivity contribution in [2.75, 3.05) is 5.32 Å². The first-order valence-corrected chi connectivity index (χ1v) is 7.06. The van der Waals surface area contributed by atoms with Crippen LogP contribution < -0.4 is 10.1 Å². The Morgan fingerprint density at radius 3 is 2.32 bits per heavy atom. The van der Waals surface area contributed by atoms with Gasteiger partial charge in [-0.25, -0.2) is 0 Å². The molecule has 132 valence electrons. The molecule has 0 aliphatic rings. The Balaban J connectivity index is 2.05. The summed E-state index contributed by atoms with van der Waals surface area (Å²) in [6.45, 7) is 1.38. The summed E-state index contributed by atoms with van der Waals surface area (Å²) in [5, 5.41) is 13.3. The fourth-order valence-electron chi connectivity index (χ4n) is 1.95. The maximum absolute atomic E-state index is 12.5. The average Bonchev–Trinajstić information content (AvgIpc) is 2.54. The zero-order valence-electron chi connectivity index (χ0n) is 12.9. The first kappa shape index (κ1) is 18.2. The van der Waals surface area contributed by atoms with Crippen LogP contribution in [0, 0.1) is 10.1 Å². The maximum atomic E-state index is 12.5. The molecular weight excluding hydrogens is 341 g/mol. The third kappa shape index (κ3) is 4.69. The van der Waals surface area contributed by atoms with Crippen LogP contribution in [0.15, 0.2) is 48.5 Å². The number of nitro benzene ring substituents is 1. The number of alkyl halides is 3. The highest BCUT2D eigenvalue weighted by Crippen LogP contribution is 2.30. The molecule has 0 saturated carbocycles. The summed E-state index contributed by atoms with van der Waals surface area (Å²) < 4.78 is 42.8. The first-order chi connectivity index (χ1) is 11.7. The monoisotopic (exact) mass is 354 g/mol. The molecule has 1 amide bonds. The molecule has 0 spiro atoms. The minimum absolute atomic E-state index is 0.000342. The molecule has 0 aliphatic carbocycles. The van der Waals surface area contributed by atoms with Crippen molar-refractivity contribution in [3.05, 3.63) is 64.2 Å². The smallest absolute Gasteiger partial charge is 0.416 e. The van der Waals surface area contributed by atoms with E-state index in [2.05, 4.69) is 5.32 Å². The predicted octanol–water partition coefficient (Wildman–Crippen LogP) is 4.02. The van der Waals surface area contributed by atoms with Crippen molar-refractivity contribution in [1.29, 1.82) is 0 Å². The number of carbonyl (C=O) groups is 1. The van der Waals surface area contributed by atoms with Gasteiger partial charge in [0.15, 0.2) is 6.10 Å². The van der Waals surface area contributed by atoms with Crippen molar-refractivity contribution in [3.63, 3.8) is 0 Å². The van der Waals surface area contributed by atoms with E-state index in [-0.39, 0.29) is 17.1 Å². The van der Waals surface area contributed by atoms with Crippen LogP contribution in [0.3, 0.4) is 0 Å². The lowest BCUT2D eigenvalue weighted by atomic mass is 10.2. The molecular formula is C16H13F3N2O4. The van der Waals surface area contributed by atoms with E-state index >= 15 is 0 Å². The Morgan fingerprint density at radius 2 is 1.76 bits per heavy atom. The fourth-order valence-corrected chi connectivity index (χ4v) is 1.95.